The summed E-state index contributed by atoms with van der Waals surface area (Å²) in [5.74, 6) is -1.51. The van der Waals surface area contributed by atoms with E-state index in [4.69, 9.17) is 23.2 Å². The molecule has 1 aliphatic heterocycles. The molecule has 2 heterocycles. The third kappa shape index (κ3) is 3.19. The van der Waals surface area contributed by atoms with Gasteiger partial charge in [0.15, 0.2) is 0 Å². The number of ketones is 1. The molecule has 28 heavy (non-hydrogen) atoms. The monoisotopic (exact) mass is 416 g/mol. The van der Waals surface area contributed by atoms with Crippen LogP contribution in [0.4, 0.5) is 0 Å². The van der Waals surface area contributed by atoms with E-state index in [9.17, 15) is 14.7 Å². The normalized spacial score (nSPS) is 22.2. The summed E-state index contributed by atoms with van der Waals surface area (Å²) in [6, 6.07) is 7.48. The molecule has 0 radical (unpaired) electrons. The van der Waals surface area contributed by atoms with Gasteiger partial charge in [0.05, 0.1) is 21.7 Å². The molecule has 7 heteroatoms. The van der Waals surface area contributed by atoms with Crippen LogP contribution in [-0.2, 0) is 9.59 Å². The van der Waals surface area contributed by atoms with Crippen LogP contribution < -0.4 is 0 Å². The van der Waals surface area contributed by atoms with Crippen molar-refractivity contribution in [3.63, 3.8) is 0 Å². The van der Waals surface area contributed by atoms with Crippen LogP contribution in [0.1, 0.15) is 42.9 Å². The Labute approximate surface area is 172 Å². The predicted octanol–water partition coefficient (Wildman–Crippen LogP) is 4.75. The molecule has 0 bridgehead atoms. The van der Waals surface area contributed by atoms with Gasteiger partial charge in [-0.25, -0.2) is 0 Å². The summed E-state index contributed by atoms with van der Waals surface area (Å²) >= 11 is 12.0. The van der Waals surface area contributed by atoms with Crippen LogP contribution in [0, 0.1) is 0 Å². The molecule has 1 amide bonds. The van der Waals surface area contributed by atoms with Gasteiger partial charge in [0.1, 0.15) is 5.76 Å². The van der Waals surface area contributed by atoms with Crippen molar-refractivity contribution in [3.8, 4) is 0 Å². The van der Waals surface area contributed by atoms with Gasteiger partial charge in [-0.05, 0) is 48.7 Å². The first-order valence-corrected chi connectivity index (χ1v) is 9.90. The van der Waals surface area contributed by atoms with E-state index in [0.29, 0.717) is 10.6 Å². The van der Waals surface area contributed by atoms with Gasteiger partial charge in [0, 0.05) is 24.0 Å². The Hall–Kier alpha value is -2.37. The highest BCUT2D eigenvalue weighted by atomic mass is 35.5. The molecular weight excluding hydrogens is 399 g/mol. The topological polar surface area (TPSA) is 70.5 Å². The van der Waals surface area contributed by atoms with E-state index in [1.165, 1.54) is 6.07 Å². The Morgan fingerprint density at radius 2 is 1.71 bits per heavy atom. The highest BCUT2D eigenvalue weighted by Gasteiger charge is 2.49. The number of carbonyl (C=O) groups excluding carboxylic acids is 2. The maximum atomic E-state index is 12.9. The lowest BCUT2D eigenvalue weighted by Gasteiger charge is -2.30. The number of likely N-dealkylation sites (tertiary alicyclic amines) is 1. The van der Waals surface area contributed by atoms with Gasteiger partial charge in [-0.15, -0.1) is 0 Å². The molecule has 1 atom stereocenters. The zero-order valence-electron chi connectivity index (χ0n) is 14.9. The predicted molar refractivity (Wildman–Crippen MR) is 107 cm³/mol. The zero-order chi connectivity index (χ0) is 19.8. The summed E-state index contributed by atoms with van der Waals surface area (Å²) in [6.07, 6.45) is 6.96. The van der Waals surface area contributed by atoms with E-state index in [2.05, 4.69) is 4.98 Å². The van der Waals surface area contributed by atoms with Gasteiger partial charge in [0.25, 0.3) is 11.7 Å². The number of amides is 1. The Morgan fingerprint density at radius 3 is 2.36 bits per heavy atom. The fraction of sp³-hybridized carbons (Fsp3) is 0.286. The number of Topliss-reactive ketones (excluding diaryl/α,β-unsaturated/α-hetero) is 1. The van der Waals surface area contributed by atoms with E-state index in [1.807, 2.05) is 0 Å². The highest BCUT2D eigenvalue weighted by Crippen LogP contribution is 2.43. The number of benzene rings is 1. The van der Waals surface area contributed by atoms with E-state index in [1.54, 1.807) is 41.6 Å². The minimum atomic E-state index is -0.683. The molecule has 1 saturated heterocycles. The Balaban J connectivity index is 1.89. The molecule has 1 aromatic heterocycles. The van der Waals surface area contributed by atoms with E-state index >= 15 is 0 Å². The minimum absolute atomic E-state index is 0.0197. The largest absolute Gasteiger partial charge is 0.507 e. The van der Waals surface area contributed by atoms with Crippen LogP contribution in [-0.4, -0.2) is 32.7 Å². The van der Waals surface area contributed by atoms with E-state index < -0.39 is 17.7 Å². The fourth-order valence-corrected chi connectivity index (χ4v) is 4.38. The van der Waals surface area contributed by atoms with Gasteiger partial charge in [-0.1, -0.05) is 36.0 Å². The average Bonchev–Trinajstić information content (AvgIpc) is 3.31. The molecule has 5 nitrogen and oxygen atoms in total. The molecule has 2 fully saturated rings. The summed E-state index contributed by atoms with van der Waals surface area (Å²) < 4.78 is 0. The van der Waals surface area contributed by atoms with Crippen LogP contribution in [0.5, 0.6) is 0 Å². The van der Waals surface area contributed by atoms with Crippen LogP contribution in [0.25, 0.3) is 5.76 Å². The van der Waals surface area contributed by atoms with Crippen molar-refractivity contribution in [3.05, 3.63) is 69.5 Å². The van der Waals surface area contributed by atoms with Crippen LogP contribution >= 0.6 is 23.2 Å². The second-order valence-electron chi connectivity index (χ2n) is 7.05. The number of aromatic nitrogens is 1. The first kappa shape index (κ1) is 19.0. The van der Waals surface area contributed by atoms with Gasteiger partial charge >= 0.3 is 0 Å². The maximum Gasteiger partial charge on any atom is 0.295 e. The minimum Gasteiger partial charge on any atom is -0.507 e. The molecule has 1 unspecified atom stereocenters. The van der Waals surface area contributed by atoms with Crippen LogP contribution in [0.2, 0.25) is 10.0 Å². The Bertz CT molecular complexity index is 969. The van der Waals surface area contributed by atoms with Crippen molar-refractivity contribution < 1.29 is 14.7 Å². The molecule has 4 rings (SSSR count). The molecule has 1 N–H and O–H groups in total. The molecule has 144 valence electrons. The van der Waals surface area contributed by atoms with Crippen molar-refractivity contribution in [1.29, 1.82) is 0 Å². The zero-order valence-corrected chi connectivity index (χ0v) is 16.5. The van der Waals surface area contributed by atoms with Crippen molar-refractivity contribution in [2.45, 2.75) is 37.8 Å². The third-order valence-electron chi connectivity index (χ3n) is 5.41. The molecule has 2 aromatic rings. The van der Waals surface area contributed by atoms with Gasteiger partial charge in [-0.2, -0.15) is 0 Å². The van der Waals surface area contributed by atoms with E-state index in [0.717, 1.165) is 31.2 Å². The highest BCUT2D eigenvalue weighted by molar-refractivity contribution is 6.47. The summed E-state index contributed by atoms with van der Waals surface area (Å²) in [5, 5.41) is 11.6. The molecule has 0 spiro atoms. The SMILES string of the molecule is O=C1C(=O)N(C2CCCC2)C(c2ccncc2)/C1=C(/O)c1ccc(Cl)c(Cl)c1. The number of hydrogen-bond donors (Lipinski definition) is 1. The second kappa shape index (κ2) is 7.57. The van der Waals surface area contributed by atoms with E-state index in [-0.39, 0.29) is 22.4 Å². The lowest BCUT2D eigenvalue weighted by atomic mass is 9.95. The molecule has 1 saturated carbocycles. The van der Waals surface area contributed by atoms with Crippen molar-refractivity contribution in [2.75, 3.05) is 0 Å². The lowest BCUT2D eigenvalue weighted by molar-refractivity contribution is -0.141. The van der Waals surface area contributed by atoms with Gasteiger partial charge in [0.2, 0.25) is 0 Å². The number of aliphatic hydroxyl groups excluding tert-OH is 1. The summed E-state index contributed by atoms with van der Waals surface area (Å²) in [6.45, 7) is 0. The fourth-order valence-electron chi connectivity index (χ4n) is 4.08. The lowest BCUT2D eigenvalue weighted by Crippen LogP contribution is -2.37. The maximum absolute atomic E-state index is 12.9. The number of nitrogens with zero attached hydrogens (tertiary/aromatic N) is 2. The van der Waals surface area contributed by atoms with Crippen LogP contribution in [0.15, 0.2) is 48.3 Å². The number of rotatable bonds is 3. The standard InChI is InChI=1S/C21H18Cl2N2O3/c22-15-6-5-13(11-16(15)23)19(26)17-18(12-7-9-24-10-8-12)25(21(28)20(17)27)14-3-1-2-4-14/h5-11,14,18,26H,1-4H2/b19-17-. The van der Waals surface area contributed by atoms with Crippen LogP contribution in [0.3, 0.4) is 0 Å². The van der Waals surface area contributed by atoms with Gasteiger partial charge < -0.3 is 10.0 Å². The summed E-state index contributed by atoms with van der Waals surface area (Å²) in [5.41, 5.74) is 1.15. The van der Waals surface area contributed by atoms with Gasteiger partial charge in [-0.3, -0.25) is 14.6 Å². The molecule has 1 aromatic carbocycles. The first-order chi connectivity index (χ1) is 13.5. The van der Waals surface area contributed by atoms with Crippen molar-refractivity contribution >= 4 is 40.7 Å². The molecule has 2 aliphatic rings. The Morgan fingerprint density at radius 1 is 1.04 bits per heavy atom. The summed E-state index contributed by atoms with van der Waals surface area (Å²) in [7, 11) is 0. The number of halogens is 2. The van der Waals surface area contributed by atoms with Crippen molar-refractivity contribution in [2.24, 2.45) is 0 Å². The first-order valence-electron chi connectivity index (χ1n) is 9.14. The number of hydrogen-bond acceptors (Lipinski definition) is 4. The molecule has 1 aliphatic carbocycles. The smallest absolute Gasteiger partial charge is 0.295 e. The quantitative estimate of drug-likeness (QED) is 0.445. The number of carbonyl (C=O) groups is 2. The third-order valence-corrected chi connectivity index (χ3v) is 6.15. The number of pyridine rings is 1. The number of aliphatic hydroxyl groups is 1. The Kier molecular flexibility index (Phi) is 5.13. The average molecular weight is 417 g/mol. The second-order valence-corrected chi connectivity index (χ2v) is 7.87. The summed E-state index contributed by atoms with van der Waals surface area (Å²) in [4.78, 5) is 31.5. The molecular formula is C21H18Cl2N2O3. The van der Waals surface area contributed by atoms with Crippen molar-refractivity contribution in [1.82, 2.24) is 9.88 Å².